The van der Waals surface area contributed by atoms with Crippen molar-refractivity contribution < 1.29 is 32.5 Å². The number of rotatable bonds is 10. The average Bonchev–Trinajstić information content (AvgIpc) is 3.73. The lowest BCUT2D eigenvalue weighted by Crippen LogP contribution is -2.15. The number of benzene rings is 2. The van der Waals surface area contributed by atoms with Crippen LogP contribution >= 0.6 is 0 Å². The highest BCUT2D eigenvalue weighted by molar-refractivity contribution is 6.06. The first-order chi connectivity index (χ1) is 18.5. The van der Waals surface area contributed by atoms with Crippen molar-refractivity contribution >= 4 is 22.5 Å². The van der Waals surface area contributed by atoms with E-state index in [4.69, 9.17) is 18.9 Å². The lowest BCUT2D eigenvalue weighted by atomic mass is 10.1. The number of carbonyl (C=O) groups excluding carboxylic acids is 1. The number of halogens is 2. The Hall–Kier alpha value is -4.47. The van der Waals surface area contributed by atoms with Crippen molar-refractivity contribution in [2.24, 2.45) is 0 Å². The molecular weight excluding hydrogens is 496 g/mol. The second-order valence-electron chi connectivity index (χ2n) is 8.69. The summed E-state index contributed by atoms with van der Waals surface area (Å²) in [6.45, 7) is 2.43. The molecule has 2 aromatic heterocycles. The predicted molar refractivity (Wildman–Crippen MR) is 136 cm³/mol. The van der Waals surface area contributed by atoms with Crippen LogP contribution in [0.5, 0.6) is 28.7 Å². The maximum absolute atomic E-state index is 15.1. The molecule has 0 atom stereocenters. The Bertz CT molecular complexity index is 1470. The van der Waals surface area contributed by atoms with Gasteiger partial charge in [-0.25, -0.2) is 8.78 Å². The van der Waals surface area contributed by atoms with E-state index in [-0.39, 0.29) is 23.1 Å². The van der Waals surface area contributed by atoms with E-state index in [0.29, 0.717) is 34.8 Å². The number of nitrogens with one attached hydrogen (secondary N) is 1. The molecule has 8 nitrogen and oxygen atoms in total. The molecule has 0 spiro atoms. The van der Waals surface area contributed by atoms with Crippen molar-refractivity contribution in [2.75, 3.05) is 19.0 Å². The fraction of sp³-hybridized carbons (Fsp3) is 0.250. The molecule has 1 N–H and O–H groups in total. The zero-order valence-corrected chi connectivity index (χ0v) is 20.8. The van der Waals surface area contributed by atoms with Crippen LogP contribution in [-0.4, -0.2) is 35.7 Å². The first-order valence-electron chi connectivity index (χ1n) is 12.1. The quantitative estimate of drug-likeness (QED) is 0.262. The molecule has 0 unspecified atom stereocenters. The minimum absolute atomic E-state index is 0.0647. The van der Waals surface area contributed by atoms with Crippen LogP contribution in [0.4, 0.5) is 14.5 Å². The Morgan fingerprint density at radius 2 is 1.79 bits per heavy atom. The maximum Gasteiger partial charge on any atom is 0.261 e. The summed E-state index contributed by atoms with van der Waals surface area (Å²) >= 11 is 0. The van der Waals surface area contributed by atoms with E-state index >= 15 is 8.78 Å². The molecular formula is C28H25F2N3O5. The third kappa shape index (κ3) is 5.44. The van der Waals surface area contributed by atoms with Gasteiger partial charge in [0.15, 0.2) is 28.9 Å². The van der Waals surface area contributed by atoms with E-state index in [9.17, 15) is 4.79 Å². The molecule has 10 heteroatoms. The molecule has 0 bridgehead atoms. The topological polar surface area (TPSA) is 91.8 Å². The van der Waals surface area contributed by atoms with Crippen LogP contribution in [0, 0.1) is 11.6 Å². The molecule has 2 heterocycles. The normalized spacial score (nSPS) is 12.7. The Morgan fingerprint density at radius 1 is 1.03 bits per heavy atom. The van der Waals surface area contributed by atoms with Gasteiger partial charge in [-0.05, 0) is 37.5 Å². The van der Waals surface area contributed by atoms with Gasteiger partial charge in [0, 0.05) is 47.9 Å². The summed E-state index contributed by atoms with van der Waals surface area (Å²) in [4.78, 5) is 21.1. The van der Waals surface area contributed by atoms with Crippen LogP contribution in [0.25, 0.3) is 10.9 Å². The molecule has 4 aromatic rings. The highest BCUT2D eigenvalue weighted by Gasteiger charge is 2.26. The number of nitrogens with zero attached hydrogens (tertiary/aromatic N) is 2. The van der Waals surface area contributed by atoms with Crippen molar-refractivity contribution in [3.8, 4) is 28.7 Å². The number of ether oxygens (including phenoxy) is 4. The zero-order chi connectivity index (χ0) is 26.6. The van der Waals surface area contributed by atoms with Crippen LogP contribution in [0.1, 0.15) is 36.5 Å². The molecule has 0 aliphatic heterocycles. The predicted octanol–water partition coefficient (Wildman–Crippen LogP) is 6.29. The number of aromatic nitrogens is 2. The number of pyridine rings is 2. The Balaban J connectivity index is 1.40. The minimum atomic E-state index is -0.998. The largest absolute Gasteiger partial charge is 0.493 e. The average molecular weight is 522 g/mol. The molecule has 5 rings (SSSR count). The van der Waals surface area contributed by atoms with Gasteiger partial charge in [0.1, 0.15) is 11.5 Å². The van der Waals surface area contributed by atoms with Crippen LogP contribution in [0.3, 0.4) is 0 Å². The number of hydrogen-bond donors (Lipinski definition) is 1. The van der Waals surface area contributed by atoms with E-state index in [1.165, 1.54) is 31.8 Å². The molecule has 1 fully saturated rings. The number of fused-ring (bicyclic) bond motifs is 1. The highest BCUT2D eigenvalue weighted by Crippen LogP contribution is 2.39. The van der Waals surface area contributed by atoms with Crippen molar-refractivity contribution in [2.45, 2.75) is 32.3 Å². The smallest absolute Gasteiger partial charge is 0.261 e. The first kappa shape index (κ1) is 25.2. The molecule has 196 valence electrons. The van der Waals surface area contributed by atoms with E-state index in [0.717, 1.165) is 31.4 Å². The number of amides is 1. The van der Waals surface area contributed by atoms with Crippen LogP contribution in [0.2, 0.25) is 0 Å². The third-order valence-electron chi connectivity index (χ3n) is 5.76. The summed E-state index contributed by atoms with van der Waals surface area (Å²) in [7, 11) is 1.51. The fourth-order valence-electron chi connectivity index (χ4n) is 3.76. The maximum atomic E-state index is 15.1. The Labute approximate surface area is 217 Å². The second-order valence-corrected chi connectivity index (χ2v) is 8.69. The van der Waals surface area contributed by atoms with Gasteiger partial charge in [-0.3, -0.25) is 14.8 Å². The Morgan fingerprint density at radius 3 is 2.50 bits per heavy atom. The number of hydrogen-bond acceptors (Lipinski definition) is 7. The monoisotopic (exact) mass is 521 g/mol. The lowest BCUT2D eigenvalue weighted by Gasteiger charge is -2.15. The summed E-state index contributed by atoms with van der Waals surface area (Å²) < 4.78 is 52.7. The van der Waals surface area contributed by atoms with Gasteiger partial charge in [-0.15, -0.1) is 0 Å². The van der Waals surface area contributed by atoms with Crippen LogP contribution in [0.15, 0.2) is 55.0 Å². The van der Waals surface area contributed by atoms with Crippen molar-refractivity contribution in [3.63, 3.8) is 0 Å². The first-order valence-corrected chi connectivity index (χ1v) is 12.1. The van der Waals surface area contributed by atoms with Gasteiger partial charge in [-0.1, -0.05) is 6.92 Å². The van der Waals surface area contributed by atoms with Crippen molar-refractivity contribution in [1.29, 1.82) is 0 Å². The molecule has 1 saturated carbocycles. The number of anilines is 1. The summed E-state index contributed by atoms with van der Waals surface area (Å²) in [5, 5.41) is 2.98. The van der Waals surface area contributed by atoms with Crippen molar-refractivity contribution in [1.82, 2.24) is 9.97 Å². The SMILES string of the molecule is CCCOc1cc2c(Oc3c(F)cc(NC(=O)c4cnccc4OC4CC4)cc3F)ccnc2cc1OC. The zero-order valence-electron chi connectivity index (χ0n) is 20.8. The molecule has 0 radical (unpaired) electrons. The second kappa shape index (κ2) is 10.9. The molecule has 1 aliphatic rings. The van der Waals surface area contributed by atoms with Crippen LogP contribution < -0.4 is 24.3 Å². The summed E-state index contributed by atoms with van der Waals surface area (Å²) in [5.41, 5.74) is 0.576. The van der Waals surface area contributed by atoms with E-state index < -0.39 is 23.3 Å². The molecule has 1 aliphatic carbocycles. The van der Waals surface area contributed by atoms with Gasteiger partial charge >= 0.3 is 0 Å². The molecule has 0 saturated heterocycles. The fourth-order valence-corrected chi connectivity index (χ4v) is 3.76. The molecule has 38 heavy (non-hydrogen) atoms. The highest BCUT2D eigenvalue weighted by atomic mass is 19.1. The van der Waals surface area contributed by atoms with E-state index in [1.54, 1.807) is 18.2 Å². The minimum Gasteiger partial charge on any atom is -0.493 e. The van der Waals surface area contributed by atoms with Gasteiger partial charge in [0.2, 0.25) is 0 Å². The third-order valence-corrected chi connectivity index (χ3v) is 5.76. The summed E-state index contributed by atoms with van der Waals surface area (Å²) in [6.07, 6.45) is 6.99. The molecule has 1 amide bonds. The number of carbonyl (C=O) groups is 1. The lowest BCUT2D eigenvalue weighted by molar-refractivity contribution is 0.102. The van der Waals surface area contributed by atoms with Crippen molar-refractivity contribution in [3.05, 3.63) is 72.2 Å². The van der Waals surface area contributed by atoms with Crippen LogP contribution in [-0.2, 0) is 0 Å². The summed E-state index contributed by atoms with van der Waals surface area (Å²) in [5.74, 6) is -1.75. The standard InChI is InChI=1S/C28H25F2N3O5/c1-3-10-36-26-13-18-22(14-25(26)35-2)32-9-7-23(18)38-27-20(29)11-16(12-21(27)30)33-28(34)19-15-31-8-6-24(19)37-17-4-5-17/h6-9,11-15,17H,3-5,10H2,1-2H3,(H,33,34). The van der Waals surface area contributed by atoms with Gasteiger partial charge in [0.25, 0.3) is 5.91 Å². The Kier molecular flexibility index (Phi) is 7.21. The van der Waals surface area contributed by atoms with Gasteiger partial charge in [-0.2, -0.15) is 0 Å². The van der Waals surface area contributed by atoms with E-state index in [1.807, 2.05) is 6.92 Å². The van der Waals surface area contributed by atoms with Gasteiger partial charge in [0.05, 0.1) is 30.9 Å². The number of methoxy groups -OCH3 is 1. The summed E-state index contributed by atoms with van der Waals surface area (Å²) in [6, 6.07) is 8.37. The van der Waals surface area contributed by atoms with E-state index in [2.05, 4.69) is 15.3 Å². The van der Waals surface area contributed by atoms with Gasteiger partial charge < -0.3 is 24.3 Å². The molecule has 2 aromatic carbocycles.